The number of fused-ring (bicyclic) bond motifs is 1. The second-order valence-electron chi connectivity index (χ2n) is 4.66. The lowest BCUT2D eigenvalue weighted by atomic mass is 10.3. The van der Waals surface area contributed by atoms with Crippen LogP contribution < -0.4 is 4.80 Å². The van der Waals surface area contributed by atoms with E-state index >= 15 is 0 Å². The van der Waals surface area contributed by atoms with E-state index in [9.17, 15) is 4.79 Å². The highest BCUT2D eigenvalue weighted by molar-refractivity contribution is 9.10. The number of benzene rings is 1. The van der Waals surface area contributed by atoms with Crippen molar-refractivity contribution in [1.29, 1.82) is 0 Å². The zero-order chi connectivity index (χ0) is 16.4. The maximum Gasteiger partial charge on any atom is 0.315 e. The highest BCUT2D eigenvalue weighted by Gasteiger charge is 2.12. The van der Waals surface area contributed by atoms with Gasteiger partial charge in [-0.25, -0.2) is 0 Å². The Morgan fingerprint density at radius 1 is 1.35 bits per heavy atom. The molecule has 8 heteroatoms. The number of carbonyl (C=O) groups excluding carboxylic acids is 1. The zero-order valence-electron chi connectivity index (χ0n) is 12.1. The molecule has 0 saturated carbocycles. The summed E-state index contributed by atoms with van der Waals surface area (Å²) < 4.78 is 14.9. The molecule has 2 heterocycles. The monoisotopic (exact) mass is 458 g/mol. The minimum atomic E-state index is -0.410. The van der Waals surface area contributed by atoms with Crippen molar-refractivity contribution in [1.82, 2.24) is 4.57 Å². The van der Waals surface area contributed by atoms with Crippen LogP contribution in [-0.4, -0.2) is 24.2 Å². The zero-order valence-corrected chi connectivity index (χ0v) is 16.1. The Kier molecular flexibility index (Phi) is 5.15. The Morgan fingerprint density at radius 2 is 2.17 bits per heavy atom. The van der Waals surface area contributed by atoms with E-state index < -0.39 is 5.91 Å². The molecule has 0 radical (unpaired) electrons. The van der Waals surface area contributed by atoms with Gasteiger partial charge in [0.1, 0.15) is 0 Å². The standard InChI is InChI=1S/C15H12Br2N2O3S/c1-21-7-6-19-10-3-2-9(16)8-12(10)23-15(19)18-14(20)11-4-5-13(17)22-11/h2-5,8H,6-7H2,1H3. The number of nitrogens with zero attached hydrogens (tertiary/aromatic N) is 2. The van der Waals surface area contributed by atoms with Crippen LogP contribution in [0.4, 0.5) is 0 Å². The Hall–Kier alpha value is -1.22. The average molecular weight is 460 g/mol. The molecule has 0 spiro atoms. The first kappa shape index (κ1) is 16.6. The van der Waals surface area contributed by atoms with Crippen LogP contribution in [0.25, 0.3) is 10.2 Å². The molecule has 0 unspecified atom stereocenters. The fraction of sp³-hybridized carbons (Fsp3) is 0.200. The first-order chi connectivity index (χ1) is 11.1. The molecule has 120 valence electrons. The van der Waals surface area contributed by atoms with Gasteiger partial charge in [0.2, 0.25) is 0 Å². The summed E-state index contributed by atoms with van der Waals surface area (Å²) in [6.07, 6.45) is 0. The number of carbonyl (C=O) groups is 1. The van der Waals surface area contributed by atoms with Crippen molar-refractivity contribution in [2.45, 2.75) is 6.54 Å². The molecule has 0 aliphatic carbocycles. The summed E-state index contributed by atoms with van der Waals surface area (Å²) in [4.78, 5) is 17.1. The summed E-state index contributed by atoms with van der Waals surface area (Å²) in [5.74, 6) is -0.207. The number of amides is 1. The van der Waals surface area contributed by atoms with Crippen molar-refractivity contribution in [3.05, 3.63) is 50.0 Å². The number of methoxy groups -OCH3 is 1. The predicted molar refractivity (Wildman–Crippen MR) is 95.7 cm³/mol. The van der Waals surface area contributed by atoms with Gasteiger partial charge in [-0.3, -0.25) is 4.79 Å². The second-order valence-corrected chi connectivity index (χ2v) is 7.37. The molecule has 3 aromatic rings. The third-order valence-corrected chi connectivity index (χ3v) is 5.11. The molecule has 3 rings (SSSR count). The van der Waals surface area contributed by atoms with Crippen LogP contribution in [-0.2, 0) is 11.3 Å². The van der Waals surface area contributed by atoms with Gasteiger partial charge >= 0.3 is 5.91 Å². The predicted octanol–water partition coefficient (Wildman–Crippen LogP) is 4.21. The number of furan rings is 1. The van der Waals surface area contributed by atoms with Gasteiger partial charge in [-0.15, -0.1) is 0 Å². The van der Waals surface area contributed by atoms with Gasteiger partial charge in [-0.05, 0) is 46.3 Å². The van der Waals surface area contributed by atoms with Crippen molar-refractivity contribution >= 4 is 59.3 Å². The van der Waals surface area contributed by atoms with E-state index in [0.717, 1.165) is 14.7 Å². The average Bonchev–Trinajstić information content (AvgIpc) is 3.08. The Morgan fingerprint density at radius 3 is 2.87 bits per heavy atom. The van der Waals surface area contributed by atoms with Crippen LogP contribution in [0.15, 0.2) is 48.9 Å². The van der Waals surface area contributed by atoms with E-state index in [4.69, 9.17) is 9.15 Å². The van der Waals surface area contributed by atoms with Crippen LogP contribution in [0.2, 0.25) is 0 Å². The SMILES string of the molecule is COCCn1c(=NC(=O)c2ccc(Br)o2)sc2cc(Br)ccc21. The third-order valence-electron chi connectivity index (χ3n) is 3.14. The van der Waals surface area contributed by atoms with Crippen molar-refractivity contribution in [2.24, 2.45) is 4.99 Å². The van der Waals surface area contributed by atoms with Gasteiger partial charge in [0.25, 0.3) is 0 Å². The number of thiazole rings is 1. The van der Waals surface area contributed by atoms with E-state index in [1.165, 1.54) is 11.3 Å². The fourth-order valence-electron chi connectivity index (χ4n) is 2.10. The molecule has 0 atom stereocenters. The number of hydrogen-bond donors (Lipinski definition) is 0. The maximum absolute atomic E-state index is 12.3. The number of hydrogen-bond acceptors (Lipinski definition) is 4. The molecule has 0 aliphatic rings. The number of halogens is 2. The third kappa shape index (κ3) is 3.65. The van der Waals surface area contributed by atoms with Gasteiger partial charge < -0.3 is 13.7 Å². The summed E-state index contributed by atoms with van der Waals surface area (Å²) >= 11 is 8.10. The minimum absolute atomic E-state index is 0.203. The summed E-state index contributed by atoms with van der Waals surface area (Å²) in [7, 11) is 1.65. The van der Waals surface area contributed by atoms with Gasteiger partial charge in [0.05, 0.1) is 16.8 Å². The van der Waals surface area contributed by atoms with Crippen molar-refractivity contribution in [2.75, 3.05) is 13.7 Å². The van der Waals surface area contributed by atoms with Gasteiger partial charge in [0.15, 0.2) is 15.2 Å². The van der Waals surface area contributed by atoms with E-state index in [0.29, 0.717) is 22.6 Å². The largest absolute Gasteiger partial charge is 0.444 e. The molecule has 2 aromatic heterocycles. The quantitative estimate of drug-likeness (QED) is 0.587. The summed E-state index contributed by atoms with van der Waals surface area (Å²) in [5, 5.41) is 0. The molecule has 0 fully saturated rings. The van der Waals surface area contributed by atoms with E-state index in [-0.39, 0.29) is 5.76 Å². The first-order valence-corrected chi connectivity index (χ1v) is 9.11. The Bertz CT molecular complexity index is 926. The molecular weight excluding hydrogens is 448 g/mol. The van der Waals surface area contributed by atoms with Crippen LogP contribution >= 0.6 is 43.2 Å². The summed E-state index contributed by atoms with van der Waals surface area (Å²) in [6.45, 7) is 1.15. The lowest BCUT2D eigenvalue weighted by molar-refractivity contribution is 0.0969. The van der Waals surface area contributed by atoms with Crippen molar-refractivity contribution in [3.8, 4) is 0 Å². The van der Waals surface area contributed by atoms with Crippen LogP contribution in [0.5, 0.6) is 0 Å². The smallest absolute Gasteiger partial charge is 0.315 e. The van der Waals surface area contributed by atoms with Crippen LogP contribution in [0.3, 0.4) is 0 Å². The lowest BCUT2D eigenvalue weighted by Gasteiger charge is -2.04. The van der Waals surface area contributed by atoms with Gasteiger partial charge in [-0.2, -0.15) is 4.99 Å². The normalized spacial score (nSPS) is 12.2. The number of ether oxygens (including phenoxy) is 1. The van der Waals surface area contributed by atoms with Crippen molar-refractivity contribution < 1.29 is 13.9 Å². The molecular formula is C15H12Br2N2O3S. The molecule has 5 nitrogen and oxygen atoms in total. The first-order valence-electron chi connectivity index (χ1n) is 6.70. The van der Waals surface area contributed by atoms with Crippen LogP contribution in [0, 0.1) is 0 Å². The van der Waals surface area contributed by atoms with E-state index in [1.54, 1.807) is 19.2 Å². The highest BCUT2D eigenvalue weighted by atomic mass is 79.9. The highest BCUT2D eigenvalue weighted by Crippen LogP contribution is 2.22. The van der Waals surface area contributed by atoms with Gasteiger partial charge in [0, 0.05) is 18.1 Å². The second kappa shape index (κ2) is 7.12. The summed E-state index contributed by atoms with van der Waals surface area (Å²) in [5.41, 5.74) is 1.02. The Balaban J connectivity index is 2.11. The van der Waals surface area contributed by atoms with Crippen LogP contribution in [0.1, 0.15) is 10.6 Å². The maximum atomic E-state index is 12.3. The lowest BCUT2D eigenvalue weighted by Crippen LogP contribution is -2.19. The molecule has 0 bridgehead atoms. The fourth-order valence-corrected chi connectivity index (χ4v) is 4.02. The molecule has 0 N–H and O–H groups in total. The number of rotatable bonds is 4. The summed E-state index contributed by atoms with van der Waals surface area (Å²) in [6, 6.07) is 9.24. The topological polar surface area (TPSA) is 56.7 Å². The molecule has 23 heavy (non-hydrogen) atoms. The molecule has 1 amide bonds. The van der Waals surface area contributed by atoms with Gasteiger partial charge in [-0.1, -0.05) is 27.3 Å². The molecule has 0 saturated heterocycles. The molecule has 0 aliphatic heterocycles. The molecule has 1 aromatic carbocycles. The van der Waals surface area contributed by atoms with E-state index in [1.807, 2.05) is 22.8 Å². The Labute approximate surface area is 152 Å². The number of aromatic nitrogens is 1. The minimum Gasteiger partial charge on any atom is -0.444 e. The van der Waals surface area contributed by atoms with Crippen molar-refractivity contribution in [3.63, 3.8) is 0 Å². The van der Waals surface area contributed by atoms with E-state index in [2.05, 4.69) is 36.9 Å².